The number of benzene rings is 1. The minimum Gasteiger partial charge on any atom is -0.439 e. The Morgan fingerprint density at radius 2 is 2.00 bits per heavy atom. The van der Waals surface area contributed by atoms with Crippen LogP contribution in [0, 0.1) is 19.7 Å². The minimum atomic E-state index is -0.605. The zero-order valence-corrected chi connectivity index (χ0v) is 10.1. The van der Waals surface area contributed by atoms with Gasteiger partial charge in [0.15, 0.2) is 6.29 Å². The van der Waals surface area contributed by atoms with E-state index in [0.29, 0.717) is 17.9 Å². The van der Waals surface area contributed by atoms with Gasteiger partial charge in [-0.15, -0.1) is 0 Å². The lowest BCUT2D eigenvalue weighted by Gasteiger charge is -2.07. The highest BCUT2D eigenvalue weighted by molar-refractivity contribution is 5.75. The van der Waals surface area contributed by atoms with Crippen molar-refractivity contribution in [2.45, 2.75) is 13.8 Å². The molecule has 2 aromatic rings. The zero-order valence-electron chi connectivity index (χ0n) is 10.1. The molecule has 0 amide bonds. The van der Waals surface area contributed by atoms with E-state index in [4.69, 9.17) is 4.74 Å². The summed E-state index contributed by atoms with van der Waals surface area (Å²) in [5.74, 6) is 0.119. The lowest BCUT2D eigenvalue weighted by Crippen LogP contribution is -1.93. The number of hydrogen-bond acceptors (Lipinski definition) is 3. The maximum Gasteiger partial charge on any atom is 0.219 e. The second-order valence-electron chi connectivity index (χ2n) is 4.03. The average molecular weight is 245 g/mol. The van der Waals surface area contributed by atoms with Gasteiger partial charge in [0.2, 0.25) is 5.88 Å². The Balaban J connectivity index is 2.28. The third kappa shape index (κ3) is 2.71. The topological polar surface area (TPSA) is 39.2 Å². The summed E-state index contributed by atoms with van der Waals surface area (Å²) in [4.78, 5) is 14.7. The van der Waals surface area contributed by atoms with Crippen molar-refractivity contribution in [3.8, 4) is 11.6 Å². The summed E-state index contributed by atoms with van der Waals surface area (Å²) in [5.41, 5.74) is 1.85. The molecule has 3 nitrogen and oxygen atoms in total. The van der Waals surface area contributed by atoms with Crippen LogP contribution in [0.2, 0.25) is 0 Å². The van der Waals surface area contributed by atoms with Crippen LogP contribution in [0.15, 0.2) is 30.3 Å². The Labute approximate surface area is 104 Å². The predicted molar refractivity (Wildman–Crippen MR) is 65.6 cm³/mol. The quantitative estimate of drug-likeness (QED) is 0.777. The highest BCUT2D eigenvalue weighted by atomic mass is 19.1. The van der Waals surface area contributed by atoms with E-state index in [9.17, 15) is 9.18 Å². The normalized spacial score (nSPS) is 10.2. The van der Waals surface area contributed by atoms with Crippen LogP contribution < -0.4 is 4.74 Å². The summed E-state index contributed by atoms with van der Waals surface area (Å²) < 4.78 is 18.8. The second-order valence-corrected chi connectivity index (χ2v) is 4.03. The van der Waals surface area contributed by atoms with E-state index in [1.165, 1.54) is 18.2 Å². The summed E-state index contributed by atoms with van der Waals surface area (Å²) in [6.07, 6.45) is 0.466. The molecule has 0 unspecified atom stereocenters. The molecule has 0 spiro atoms. The van der Waals surface area contributed by atoms with Crippen molar-refractivity contribution in [1.82, 2.24) is 4.98 Å². The van der Waals surface area contributed by atoms with Crippen molar-refractivity contribution in [3.63, 3.8) is 0 Å². The molecular formula is C14H12FNO2. The van der Waals surface area contributed by atoms with Crippen LogP contribution in [-0.2, 0) is 0 Å². The van der Waals surface area contributed by atoms with Crippen molar-refractivity contribution in [2.24, 2.45) is 0 Å². The van der Waals surface area contributed by atoms with Gasteiger partial charge in [-0.25, -0.2) is 9.37 Å². The summed E-state index contributed by atoms with van der Waals surface area (Å²) in [7, 11) is 0. The molecule has 0 atom stereocenters. The molecular weight excluding hydrogens is 233 g/mol. The molecule has 0 aliphatic carbocycles. The Bertz CT molecular complexity index is 576. The van der Waals surface area contributed by atoms with Gasteiger partial charge < -0.3 is 4.74 Å². The molecule has 4 heteroatoms. The third-order valence-electron chi connectivity index (χ3n) is 2.40. The third-order valence-corrected chi connectivity index (χ3v) is 2.40. The van der Waals surface area contributed by atoms with Crippen LogP contribution >= 0.6 is 0 Å². The van der Waals surface area contributed by atoms with Gasteiger partial charge in [-0.2, -0.15) is 0 Å². The van der Waals surface area contributed by atoms with Gasteiger partial charge in [-0.1, -0.05) is 0 Å². The highest BCUT2D eigenvalue weighted by Crippen LogP contribution is 2.22. The maximum absolute atomic E-state index is 13.4. The second kappa shape index (κ2) is 4.96. The Morgan fingerprint density at radius 3 is 2.61 bits per heavy atom. The number of rotatable bonds is 3. The molecule has 0 bridgehead atoms. The lowest BCUT2D eigenvalue weighted by atomic mass is 10.2. The van der Waals surface area contributed by atoms with Gasteiger partial charge in [0.1, 0.15) is 11.6 Å². The smallest absolute Gasteiger partial charge is 0.219 e. The van der Waals surface area contributed by atoms with Crippen LogP contribution in [0.5, 0.6) is 11.6 Å². The van der Waals surface area contributed by atoms with Crippen molar-refractivity contribution in [1.29, 1.82) is 0 Å². The fraction of sp³-hybridized carbons (Fsp3) is 0.143. The molecule has 0 radical (unpaired) electrons. The molecule has 1 heterocycles. The van der Waals surface area contributed by atoms with Crippen LogP contribution in [-0.4, -0.2) is 11.3 Å². The molecule has 0 aliphatic heterocycles. The van der Waals surface area contributed by atoms with E-state index in [-0.39, 0.29) is 5.56 Å². The number of aryl methyl sites for hydroxylation is 2. The molecule has 0 fully saturated rings. The molecule has 92 valence electrons. The summed E-state index contributed by atoms with van der Waals surface area (Å²) in [6, 6.07) is 7.76. The fourth-order valence-electron chi connectivity index (χ4n) is 1.64. The van der Waals surface area contributed by atoms with E-state index in [0.717, 1.165) is 11.3 Å². The molecule has 2 rings (SSSR count). The van der Waals surface area contributed by atoms with Gasteiger partial charge in [0.05, 0.1) is 5.56 Å². The van der Waals surface area contributed by atoms with E-state index >= 15 is 0 Å². The molecule has 18 heavy (non-hydrogen) atoms. The molecule has 1 aromatic carbocycles. The van der Waals surface area contributed by atoms with Crippen molar-refractivity contribution < 1.29 is 13.9 Å². The maximum atomic E-state index is 13.4. The monoisotopic (exact) mass is 245 g/mol. The number of aromatic nitrogens is 1. The van der Waals surface area contributed by atoms with Crippen molar-refractivity contribution in [3.05, 3.63) is 53.0 Å². The standard InChI is InChI=1S/C14H12FNO2/c1-9-5-10(2)16-14(6-9)18-12-4-3-11(8-17)13(15)7-12/h3-8H,1-2H3. The molecule has 0 aliphatic rings. The van der Waals surface area contributed by atoms with Gasteiger partial charge >= 0.3 is 0 Å². The van der Waals surface area contributed by atoms with Crippen molar-refractivity contribution >= 4 is 6.29 Å². The summed E-state index contributed by atoms with van der Waals surface area (Å²) in [5, 5.41) is 0. The van der Waals surface area contributed by atoms with Gasteiger partial charge in [0.25, 0.3) is 0 Å². The zero-order chi connectivity index (χ0) is 13.1. The number of aldehydes is 1. The number of halogens is 1. The van der Waals surface area contributed by atoms with Crippen LogP contribution in [0.3, 0.4) is 0 Å². The average Bonchev–Trinajstić information content (AvgIpc) is 2.27. The molecule has 0 N–H and O–H groups in total. The first-order valence-corrected chi connectivity index (χ1v) is 5.46. The molecule has 0 saturated carbocycles. The largest absolute Gasteiger partial charge is 0.439 e. The number of ether oxygens (including phenoxy) is 1. The van der Waals surface area contributed by atoms with Crippen molar-refractivity contribution in [2.75, 3.05) is 0 Å². The lowest BCUT2D eigenvalue weighted by molar-refractivity contribution is 0.112. The van der Waals surface area contributed by atoms with E-state index in [1.807, 2.05) is 19.9 Å². The summed E-state index contributed by atoms with van der Waals surface area (Å²) >= 11 is 0. The molecule has 1 aromatic heterocycles. The predicted octanol–water partition coefficient (Wildman–Crippen LogP) is 3.44. The van der Waals surface area contributed by atoms with Crippen LogP contribution in [0.4, 0.5) is 4.39 Å². The first-order chi connectivity index (χ1) is 8.58. The van der Waals surface area contributed by atoms with Crippen LogP contribution in [0.25, 0.3) is 0 Å². The number of carbonyl (C=O) groups is 1. The SMILES string of the molecule is Cc1cc(C)nc(Oc2ccc(C=O)c(F)c2)c1. The Morgan fingerprint density at radius 1 is 1.22 bits per heavy atom. The van der Waals surface area contributed by atoms with E-state index in [2.05, 4.69) is 4.98 Å². The summed E-state index contributed by atoms with van der Waals surface area (Å²) in [6.45, 7) is 3.79. The number of pyridine rings is 1. The Hall–Kier alpha value is -2.23. The number of carbonyl (C=O) groups excluding carboxylic acids is 1. The minimum absolute atomic E-state index is 0.00994. The van der Waals surface area contributed by atoms with Gasteiger partial charge in [-0.05, 0) is 37.6 Å². The van der Waals surface area contributed by atoms with Gasteiger partial charge in [0, 0.05) is 17.8 Å². The number of hydrogen-bond donors (Lipinski definition) is 0. The first-order valence-electron chi connectivity index (χ1n) is 5.46. The van der Waals surface area contributed by atoms with E-state index < -0.39 is 5.82 Å². The highest BCUT2D eigenvalue weighted by Gasteiger charge is 2.05. The molecule has 0 saturated heterocycles. The first kappa shape index (κ1) is 12.2. The van der Waals surface area contributed by atoms with E-state index in [1.54, 1.807) is 6.07 Å². The fourth-order valence-corrected chi connectivity index (χ4v) is 1.64. The van der Waals surface area contributed by atoms with Crippen LogP contribution in [0.1, 0.15) is 21.6 Å². The Kier molecular flexibility index (Phi) is 3.37. The van der Waals surface area contributed by atoms with Gasteiger partial charge in [-0.3, -0.25) is 4.79 Å². The number of nitrogens with zero attached hydrogens (tertiary/aromatic N) is 1.